The lowest BCUT2D eigenvalue weighted by atomic mass is 9.93. The first-order chi connectivity index (χ1) is 13.6. The number of carbonyl (C=O) groups is 1. The van der Waals surface area contributed by atoms with Crippen molar-refractivity contribution in [2.24, 2.45) is 0 Å². The topological polar surface area (TPSA) is 100 Å². The average Bonchev–Trinajstić information content (AvgIpc) is 3.12. The maximum Gasteiger partial charge on any atom is 0.247 e. The molecule has 7 nitrogen and oxygen atoms in total. The molecule has 2 aromatic heterocycles. The molecule has 1 atom stereocenters. The number of ether oxygens (including phenoxy) is 1. The van der Waals surface area contributed by atoms with Crippen LogP contribution in [0.5, 0.6) is 11.6 Å². The predicted octanol–water partition coefficient (Wildman–Crippen LogP) is 3.80. The number of aliphatic hydroxyl groups is 1. The summed E-state index contributed by atoms with van der Waals surface area (Å²) in [6.07, 6.45) is 8.62. The van der Waals surface area contributed by atoms with Crippen LogP contribution in [0.2, 0.25) is 0 Å². The van der Waals surface area contributed by atoms with E-state index in [1.165, 1.54) is 6.08 Å². The van der Waals surface area contributed by atoms with E-state index in [1.54, 1.807) is 30.5 Å². The summed E-state index contributed by atoms with van der Waals surface area (Å²) in [5, 5.41) is 12.4. The van der Waals surface area contributed by atoms with Crippen LogP contribution in [-0.4, -0.2) is 32.1 Å². The van der Waals surface area contributed by atoms with Crippen LogP contribution in [0.1, 0.15) is 24.8 Å². The number of rotatable bonds is 5. The zero-order valence-corrected chi connectivity index (χ0v) is 15.2. The van der Waals surface area contributed by atoms with Crippen LogP contribution in [-0.2, 0) is 4.79 Å². The van der Waals surface area contributed by atoms with Crippen LogP contribution in [0.15, 0.2) is 55.4 Å². The molecule has 0 aliphatic heterocycles. The molecule has 1 aliphatic rings. The van der Waals surface area contributed by atoms with Crippen LogP contribution in [0, 0.1) is 0 Å². The van der Waals surface area contributed by atoms with E-state index in [1.807, 2.05) is 6.20 Å². The molecule has 0 spiro atoms. The number of hydrogen-bond acceptors (Lipinski definition) is 5. The van der Waals surface area contributed by atoms with Gasteiger partial charge in [-0.25, -0.2) is 9.97 Å². The SMILES string of the molecule is C=CC(=O)Nc1cccc(Oc2cnc3[nH]cc(C4=CCC(O)CC4)c3n2)c1. The number of allylic oxidation sites excluding steroid dienone is 1. The van der Waals surface area contributed by atoms with Gasteiger partial charge in [-0.1, -0.05) is 18.7 Å². The first kappa shape index (κ1) is 17.9. The Bertz CT molecular complexity index is 1070. The van der Waals surface area contributed by atoms with Crippen LogP contribution in [0.3, 0.4) is 0 Å². The van der Waals surface area contributed by atoms with Crippen molar-refractivity contribution in [3.63, 3.8) is 0 Å². The lowest BCUT2D eigenvalue weighted by Crippen LogP contribution is -2.09. The molecule has 3 N–H and O–H groups in total. The Kier molecular flexibility index (Phi) is 4.90. The van der Waals surface area contributed by atoms with Crippen molar-refractivity contribution in [1.82, 2.24) is 15.0 Å². The normalized spacial score (nSPS) is 16.5. The molecule has 1 unspecified atom stereocenters. The number of hydrogen-bond donors (Lipinski definition) is 3. The molecule has 0 radical (unpaired) electrons. The third-order valence-electron chi connectivity index (χ3n) is 4.60. The summed E-state index contributed by atoms with van der Waals surface area (Å²) >= 11 is 0. The van der Waals surface area contributed by atoms with Gasteiger partial charge in [0.1, 0.15) is 11.3 Å². The molecule has 1 aliphatic carbocycles. The van der Waals surface area contributed by atoms with Crippen LogP contribution in [0.25, 0.3) is 16.7 Å². The monoisotopic (exact) mass is 376 g/mol. The maximum atomic E-state index is 11.5. The molecule has 1 aromatic carbocycles. The van der Waals surface area contributed by atoms with Gasteiger partial charge in [0.15, 0.2) is 5.65 Å². The molecule has 0 fully saturated rings. The first-order valence-corrected chi connectivity index (χ1v) is 9.05. The zero-order chi connectivity index (χ0) is 19.5. The van der Waals surface area contributed by atoms with Gasteiger partial charge in [0.05, 0.1) is 12.3 Å². The lowest BCUT2D eigenvalue weighted by molar-refractivity contribution is -0.111. The molecule has 0 bridgehead atoms. The number of nitrogens with zero attached hydrogens (tertiary/aromatic N) is 2. The van der Waals surface area contributed by atoms with Gasteiger partial charge in [-0.3, -0.25) is 4.79 Å². The van der Waals surface area contributed by atoms with Gasteiger partial charge >= 0.3 is 0 Å². The van der Waals surface area contributed by atoms with Gasteiger partial charge in [-0.2, -0.15) is 0 Å². The number of aromatic amines is 1. The minimum Gasteiger partial charge on any atom is -0.437 e. The fraction of sp³-hybridized carbons (Fsp3) is 0.190. The van der Waals surface area contributed by atoms with Crippen molar-refractivity contribution < 1.29 is 14.6 Å². The molecular formula is C21H20N4O3. The van der Waals surface area contributed by atoms with Crippen LogP contribution in [0.4, 0.5) is 5.69 Å². The number of aromatic nitrogens is 3. The number of aliphatic hydroxyl groups excluding tert-OH is 1. The van der Waals surface area contributed by atoms with E-state index in [0.29, 0.717) is 29.4 Å². The summed E-state index contributed by atoms with van der Waals surface area (Å²) in [6, 6.07) is 7.02. The van der Waals surface area contributed by atoms with Crippen molar-refractivity contribution in [2.75, 3.05) is 5.32 Å². The van der Waals surface area contributed by atoms with E-state index < -0.39 is 0 Å². The quantitative estimate of drug-likeness (QED) is 0.588. The number of anilines is 1. The van der Waals surface area contributed by atoms with Gasteiger partial charge in [0, 0.05) is 23.5 Å². The second-order valence-electron chi connectivity index (χ2n) is 6.59. The minimum atomic E-state index is -0.291. The molecule has 4 rings (SSSR count). The second-order valence-corrected chi connectivity index (χ2v) is 6.59. The maximum absolute atomic E-state index is 11.5. The van der Waals surface area contributed by atoms with Crippen LogP contribution < -0.4 is 10.1 Å². The summed E-state index contributed by atoms with van der Waals surface area (Å²) in [5.74, 6) is 0.603. The van der Waals surface area contributed by atoms with Crippen molar-refractivity contribution in [1.29, 1.82) is 0 Å². The first-order valence-electron chi connectivity index (χ1n) is 9.05. The average molecular weight is 376 g/mol. The molecule has 28 heavy (non-hydrogen) atoms. The highest BCUT2D eigenvalue weighted by molar-refractivity contribution is 5.99. The predicted molar refractivity (Wildman–Crippen MR) is 107 cm³/mol. The zero-order valence-electron chi connectivity index (χ0n) is 15.2. The summed E-state index contributed by atoms with van der Waals surface area (Å²) in [5.41, 5.74) is 4.14. The largest absolute Gasteiger partial charge is 0.437 e. The molecule has 142 valence electrons. The summed E-state index contributed by atoms with van der Waals surface area (Å²) in [6.45, 7) is 3.44. The fourth-order valence-electron chi connectivity index (χ4n) is 3.19. The molecule has 2 heterocycles. The number of benzene rings is 1. The van der Waals surface area contributed by atoms with Crippen molar-refractivity contribution >= 4 is 28.3 Å². The Morgan fingerprint density at radius 1 is 1.43 bits per heavy atom. The van der Waals surface area contributed by atoms with E-state index in [4.69, 9.17) is 4.74 Å². The second kappa shape index (κ2) is 7.66. The molecule has 7 heteroatoms. The Morgan fingerprint density at radius 2 is 2.32 bits per heavy atom. The van der Waals surface area contributed by atoms with Crippen molar-refractivity contribution in [3.05, 3.63) is 61.0 Å². The number of carbonyl (C=O) groups excluding carboxylic acids is 1. The molecule has 1 amide bonds. The summed E-state index contributed by atoms with van der Waals surface area (Å²) in [7, 11) is 0. The van der Waals surface area contributed by atoms with E-state index >= 15 is 0 Å². The number of H-pyrrole nitrogens is 1. The van der Waals surface area contributed by atoms with Gasteiger partial charge in [0.2, 0.25) is 11.8 Å². The number of amides is 1. The van der Waals surface area contributed by atoms with Crippen molar-refractivity contribution in [2.45, 2.75) is 25.4 Å². The highest BCUT2D eigenvalue weighted by Gasteiger charge is 2.17. The Hall–Kier alpha value is -3.45. The molecule has 3 aromatic rings. The smallest absolute Gasteiger partial charge is 0.247 e. The Labute approximate surface area is 161 Å². The molecule has 0 saturated heterocycles. The summed E-state index contributed by atoms with van der Waals surface area (Å²) in [4.78, 5) is 23.6. The Balaban J connectivity index is 1.60. The third kappa shape index (κ3) is 3.79. The van der Waals surface area contributed by atoms with E-state index in [0.717, 1.165) is 29.5 Å². The molecular weight excluding hydrogens is 356 g/mol. The van der Waals surface area contributed by atoms with E-state index in [9.17, 15) is 9.90 Å². The number of fused-ring (bicyclic) bond motifs is 1. The fourth-order valence-corrected chi connectivity index (χ4v) is 3.19. The van der Waals surface area contributed by atoms with Gasteiger partial charge in [-0.05, 0) is 43.0 Å². The number of nitrogens with one attached hydrogen (secondary N) is 2. The van der Waals surface area contributed by atoms with Crippen molar-refractivity contribution in [3.8, 4) is 11.6 Å². The third-order valence-corrected chi connectivity index (χ3v) is 4.60. The van der Waals surface area contributed by atoms with E-state index in [2.05, 4.69) is 32.9 Å². The molecule has 0 saturated carbocycles. The van der Waals surface area contributed by atoms with Gasteiger partial charge in [0.25, 0.3) is 0 Å². The summed E-state index contributed by atoms with van der Waals surface area (Å²) < 4.78 is 5.85. The van der Waals surface area contributed by atoms with Gasteiger partial charge < -0.3 is 20.1 Å². The highest BCUT2D eigenvalue weighted by atomic mass is 16.5. The lowest BCUT2D eigenvalue weighted by Gasteiger charge is -2.16. The Morgan fingerprint density at radius 3 is 3.11 bits per heavy atom. The van der Waals surface area contributed by atoms with Crippen LogP contribution >= 0.6 is 0 Å². The van der Waals surface area contributed by atoms with Gasteiger partial charge in [-0.15, -0.1) is 0 Å². The van der Waals surface area contributed by atoms with E-state index in [-0.39, 0.29) is 12.0 Å². The minimum absolute atomic E-state index is 0.271. The highest BCUT2D eigenvalue weighted by Crippen LogP contribution is 2.32. The standard InChI is InChI=1S/C21H20N4O3/c1-2-18(27)24-14-4-3-5-16(10-14)28-19-12-23-21-20(25-19)17(11-22-21)13-6-8-15(26)9-7-13/h2-6,10-12,15,26H,1,7-9H2,(H,22,23)(H,24,27).